The molecule has 3 aromatic rings. The zero-order chi connectivity index (χ0) is 19.0. The number of aromatic nitrogens is 3. The van der Waals surface area contributed by atoms with Gasteiger partial charge in [-0.05, 0) is 18.2 Å². The van der Waals surface area contributed by atoms with Crippen LogP contribution in [-0.4, -0.2) is 58.6 Å². The first-order valence-corrected chi connectivity index (χ1v) is 9.03. The van der Waals surface area contributed by atoms with Crippen LogP contribution in [0.2, 0.25) is 0 Å². The van der Waals surface area contributed by atoms with Gasteiger partial charge >= 0.3 is 0 Å². The molecule has 4 rings (SSSR count). The molecule has 0 saturated carbocycles. The van der Waals surface area contributed by atoms with E-state index in [1.807, 2.05) is 71.9 Å². The first-order valence-electron chi connectivity index (χ1n) is 9.03. The zero-order valence-corrected chi connectivity index (χ0v) is 15.8. The largest absolute Gasteiger partial charge is 0.489 e. The Morgan fingerprint density at radius 3 is 2.74 bits per heavy atom. The Hall–Kier alpha value is -3.09. The fourth-order valence-corrected chi connectivity index (χ4v) is 3.55. The van der Waals surface area contributed by atoms with Crippen molar-refractivity contribution in [3.8, 4) is 5.75 Å². The number of hydrogen-bond donors (Lipinski definition) is 0. The van der Waals surface area contributed by atoms with Crippen LogP contribution in [0, 0.1) is 0 Å². The molecule has 0 spiro atoms. The van der Waals surface area contributed by atoms with E-state index in [-0.39, 0.29) is 12.0 Å². The lowest BCUT2D eigenvalue weighted by atomic mass is 10.3. The number of benzene rings is 1. The van der Waals surface area contributed by atoms with Crippen LogP contribution in [0.25, 0.3) is 11.0 Å². The summed E-state index contributed by atoms with van der Waals surface area (Å²) >= 11 is 0. The standard InChI is InChI=1S/C20H23N5O2/c1-23(2)18-16-11-17(24(3)19(16)22-13-21-18)20(26)25-10-9-15(12-25)27-14-7-5-4-6-8-14/h4-8,11,13,15H,9-10,12H2,1-3H3/t15-/m0/s1. The van der Waals surface area contributed by atoms with Crippen molar-refractivity contribution in [2.45, 2.75) is 12.5 Å². The highest BCUT2D eigenvalue weighted by atomic mass is 16.5. The predicted molar refractivity (Wildman–Crippen MR) is 104 cm³/mol. The van der Waals surface area contributed by atoms with Gasteiger partial charge in [0.15, 0.2) is 0 Å². The van der Waals surface area contributed by atoms with Crippen molar-refractivity contribution >= 4 is 22.8 Å². The molecule has 1 aliphatic heterocycles. The number of fused-ring (bicyclic) bond motifs is 1. The Morgan fingerprint density at radius 1 is 1.22 bits per heavy atom. The van der Waals surface area contributed by atoms with Crippen molar-refractivity contribution in [3.63, 3.8) is 0 Å². The number of aryl methyl sites for hydroxylation is 1. The Balaban J connectivity index is 1.55. The van der Waals surface area contributed by atoms with Crippen LogP contribution in [-0.2, 0) is 7.05 Å². The number of anilines is 1. The van der Waals surface area contributed by atoms with Gasteiger partial charge in [-0.1, -0.05) is 18.2 Å². The van der Waals surface area contributed by atoms with Gasteiger partial charge < -0.3 is 19.1 Å². The number of ether oxygens (including phenoxy) is 1. The van der Waals surface area contributed by atoms with E-state index >= 15 is 0 Å². The van der Waals surface area contributed by atoms with E-state index in [1.165, 1.54) is 6.33 Å². The topological polar surface area (TPSA) is 63.5 Å². The van der Waals surface area contributed by atoms with Crippen molar-refractivity contribution in [3.05, 3.63) is 48.4 Å². The van der Waals surface area contributed by atoms with Crippen LogP contribution in [0.5, 0.6) is 5.75 Å². The van der Waals surface area contributed by atoms with Crippen molar-refractivity contribution in [1.29, 1.82) is 0 Å². The van der Waals surface area contributed by atoms with Crippen LogP contribution in [0.4, 0.5) is 5.82 Å². The van der Waals surface area contributed by atoms with Crippen molar-refractivity contribution in [2.75, 3.05) is 32.1 Å². The maximum atomic E-state index is 13.1. The average Bonchev–Trinajstić information content (AvgIpc) is 3.27. The number of likely N-dealkylation sites (tertiary alicyclic amines) is 1. The molecule has 1 fully saturated rings. The highest BCUT2D eigenvalue weighted by molar-refractivity contribution is 6.00. The summed E-state index contributed by atoms with van der Waals surface area (Å²) in [5.74, 6) is 1.65. The molecule has 0 unspecified atom stereocenters. The second-order valence-corrected chi connectivity index (χ2v) is 7.01. The fraction of sp³-hybridized carbons (Fsp3) is 0.350. The highest BCUT2D eigenvalue weighted by Gasteiger charge is 2.30. The summed E-state index contributed by atoms with van der Waals surface area (Å²) in [5.41, 5.74) is 1.38. The number of amides is 1. The number of carbonyl (C=O) groups is 1. The number of para-hydroxylation sites is 1. The molecule has 1 atom stereocenters. The predicted octanol–water partition coefficient (Wildman–Crippen LogP) is 2.33. The summed E-state index contributed by atoms with van der Waals surface area (Å²) in [6.07, 6.45) is 2.38. The molecular weight excluding hydrogens is 342 g/mol. The minimum absolute atomic E-state index is 0.000585. The summed E-state index contributed by atoms with van der Waals surface area (Å²) in [7, 11) is 5.74. The third-order valence-electron chi connectivity index (χ3n) is 4.92. The van der Waals surface area contributed by atoms with E-state index in [1.54, 1.807) is 0 Å². The summed E-state index contributed by atoms with van der Waals surface area (Å²) < 4.78 is 7.85. The Labute approximate surface area is 158 Å². The Bertz CT molecular complexity index is 967. The van der Waals surface area contributed by atoms with E-state index in [0.717, 1.165) is 29.0 Å². The molecule has 27 heavy (non-hydrogen) atoms. The number of hydrogen-bond acceptors (Lipinski definition) is 5. The van der Waals surface area contributed by atoms with E-state index in [0.29, 0.717) is 18.8 Å². The maximum Gasteiger partial charge on any atom is 0.270 e. The van der Waals surface area contributed by atoms with Crippen LogP contribution in [0.15, 0.2) is 42.7 Å². The number of carbonyl (C=O) groups excluding carboxylic acids is 1. The van der Waals surface area contributed by atoms with Crippen LogP contribution < -0.4 is 9.64 Å². The molecule has 2 aromatic heterocycles. The van der Waals surface area contributed by atoms with Crippen molar-refractivity contribution < 1.29 is 9.53 Å². The first-order chi connectivity index (χ1) is 13.0. The molecule has 1 aromatic carbocycles. The zero-order valence-electron chi connectivity index (χ0n) is 15.8. The van der Waals surface area contributed by atoms with E-state index in [4.69, 9.17) is 4.74 Å². The van der Waals surface area contributed by atoms with Gasteiger partial charge in [0.05, 0.1) is 11.9 Å². The fourth-order valence-electron chi connectivity index (χ4n) is 3.55. The molecule has 1 saturated heterocycles. The van der Waals surface area contributed by atoms with Gasteiger partial charge in [-0.2, -0.15) is 0 Å². The third-order valence-corrected chi connectivity index (χ3v) is 4.92. The summed E-state index contributed by atoms with van der Waals surface area (Å²) in [6.45, 7) is 1.27. The van der Waals surface area contributed by atoms with Gasteiger partial charge in [-0.3, -0.25) is 4.79 Å². The number of nitrogens with zero attached hydrogens (tertiary/aromatic N) is 5. The summed E-state index contributed by atoms with van der Waals surface area (Å²) in [4.78, 5) is 25.6. The normalized spacial score (nSPS) is 16.7. The molecule has 7 nitrogen and oxygen atoms in total. The molecule has 1 aliphatic rings. The maximum absolute atomic E-state index is 13.1. The SMILES string of the molecule is CN(C)c1ncnc2c1cc(C(=O)N1CC[C@H](Oc3ccccc3)C1)n2C. The highest BCUT2D eigenvalue weighted by Crippen LogP contribution is 2.26. The molecule has 0 aliphatic carbocycles. The Morgan fingerprint density at radius 2 is 2.00 bits per heavy atom. The lowest BCUT2D eigenvalue weighted by Gasteiger charge is -2.17. The minimum atomic E-state index is -0.000585. The van der Waals surface area contributed by atoms with Crippen molar-refractivity contribution in [1.82, 2.24) is 19.4 Å². The van der Waals surface area contributed by atoms with Crippen LogP contribution in [0.1, 0.15) is 16.9 Å². The van der Waals surface area contributed by atoms with Gasteiger partial charge in [0.2, 0.25) is 0 Å². The van der Waals surface area contributed by atoms with E-state index < -0.39 is 0 Å². The average molecular weight is 365 g/mol. The van der Waals surface area contributed by atoms with Gasteiger partial charge in [0.25, 0.3) is 5.91 Å². The quantitative estimate of drug-likeness (QED) is 0.710. The van der Waals surface area contributed by atoms with Gasteiger partial charge in [-0.25, -0.2) is 9.97 Å². The van der Waals surface area contributed by atoms with Gasteiger partial charge in [0, 0.05) is 34.1 Å². The lowest BCUT2D eigenvalue weighted by molar-refractivity contribution is 0.0763. The monoisotopic (exact) mass is 365 g/mol. The second-order valence-electron chi connectivity index (χ2n) is 7.01. The molecule has 1 amide bonds. The smallest absolute Gasteiger partial charge is 0.270 e. The molecule has 0 radical (unpaired) electrons. The molecular formula is C20H23N5O2. The van der Waals surface area contributed by atoms with Crippen LogP contribution >= 0.6 is 0 Å². The number of rotatable bonds is 4. The summed E-state index contributed by atoms with van der Waals surface area (Å²) in [5, 5.41) is 0.879. The summed E-state index contributed by atoms with van der Waals surface area (Å²) in [6, 6.07) is 11.6. The van der Waals surface area contributed by atoms with Gasteiger partial charge in [0.1, 0.15) is 35.3 Å². The molecule has 0 N–H and O–H groups in total. The minimum Gasteiger partial charge on any atom is -0.489 e. The second kappa shape index (κ2) is 6.90. The Kier molecular flexibility index (Phi) is 4.43. The first kappa shape index (κ1) is 17.3. The third kappa shape index (κ3) is 3.20. The molecule has 7 heteroatoms. The van der Waals surface area contributed by atoms with E-state index in [9.17, 15) is 4.79 Å². The van der Waals surface area contributed by atoms with Gasteiger partial charge in [-0.15, -0.1) is 0 Å². The van der Waals surface area contributed by atoms with E-state index in [2.05, 4.69) is 9.97 Å². The molecule has 3 heterocycles. The van der Waals surface area contributed by atoms with Crippen molar-refractivity contribution in [2.24, 2.45) is 7.05 Å². The molecule has 0 bridgehead atoms. The van der Waals surface area contributed by atoms with Crippen LogP contribution in [0.3, 0.4) is 0 Å². The molecule has 140 valence electrons. The lowest BCUT2D eigenvalue weighted by Crippen LogP contribution is -2.32.